The van der Waals surface area contributed by atoms with Crippen LogP contribution in [0.5, 0.6) is 0 Å². The Hall–Kier alpha value is -2.78. The summed E-state index contributed by atoms with van der Waals surface area (Å²) < 4.78 is 28.8. The number of carbonyl (C=O) groups is 2. The summed E-state index contributed by atoms with van der Waals surface area (Å²) in [6.45, 7) is 7.12. The van der Waals surface area contributed by atoms with Gasteiger partial charge in [-0.25, -0.2) is 8.42 Å². The average molecular weight is 625 g/mol. The Morgan fingerprint density at radius 2 is 1.57 bits per heavy atom. The number of rotatable bonds is 11. The zero-order chi connectivity index (χ0) is 29.6. The molecule has 7 nitrogen and oxygen atoms in total. The third-order valence-corrected chi connectivity index (χ3v) is 8.99. The lowest BCUT2D eigenvalue weighted by Gasteiger charge is -2.32. The van der Waals surface area contributed by atoms with Crippen molar-refractivity contribution in [3.8, 4) is 0 Å². The van der Waals surface area contributed by atoms with E-state index in [0.717, 1.165) is 4.31 Å². The van der Waals surface area contributed by atoms with Gasteiger partial charge in [-0.05, 0) is 67.3 Å². The second kappa shape index (κ2) is 13.7. The molecule has 3 aromatic carbocycles. The zero-order valence-electron chi connectivity index (χ0n) is 22.7. The molecule has 0 saturated heterocycles. The maximum atomic E-state index is 14.0. The van der Waals surface area contributed by atoms with Crippen LogP contribution in [-0.2, 0) is 26.2 Å². The fourth-order valence-corrected chi connectivity index (χ4v) is 5.93. The number of amides is 2. The molecule has 3 rings (SSSR count). The molecule has 11 heteroatoms. The maximum absolute atomic E-state index is 14.0. The molecule has 0 fully saturated rings. The molecule has 2 amide bonds. The Labute approximate surface area is 251 Å². The van der Waals surface area contributed by atoms with Crippen molar-refractivity contribution in [2.75, 3.05) is 17.4 Å². The van der Waals surface area contributed by atoms with Crippen molar-refractivity contribution in [3.63, 3.8) is 0 Å². The van der Waals surface area contributed by atoms with E-state index in [1.165, 1.54) is 23.1 Å². The van der Waals surface area contributed by atoms with Gasteiger partial charge in [0.2, 0.25) is 11.8 Å². The minimum Gasteiger partial charge on any atom is -0.354 e. The van der Waals surface area contributed by atoms with E-state index in [9.17, 15) is 18.0 Å². The van der Waals surface area contributed by atoms with Crippen LogP contribution < -0.4 is 9.62 Å². The van der Waals surface area contributed by atoms with Gasteiger partial charge in [-0.2, -0.15) is 0 Å². The number of nitrogens with zero attached hydrogens (tertiary/aromatic N) is 2. The molecular weight excluding hydrogens is 593 g/mol. The van der Waals surface area contributed by atoms with Gasteiger partial charge in [0.05, 0.1) is 20.6 Å². The fraction of sp³-hybridized carbons (Fsp3) is 0.310. The highest BCUT2D eigenvalue weighted by Gasteiger charge is 2.33. The predicted octanol–water partition coefficient (Wildman–Crippen LogP) is 6.34. The van der Waals surface area contributed by atoms with Gasteiger partial charge >= 0.3 is 0 Å². The summed E-state index contributed by atoms with van der Waals surface area (Å²) in [6.07, 6.45) is 0. The zero-order valence-corrected chi connectivity index (χ0v) is 25.8. The first-order chi connectivity index (χ1) is 18.8. The van der Waals surface area contributed by atoms with E-state index in [4.69, 9.17) is 34.8 Å². The number of nitrogens with one attached hydrogen (secondary N) is 1. The lowest BCUT2D eigenvalue weighted by atomic mass is 10.1. The van der Waals surface area contributed by atoms with E-state index in [1.54, 1.807) is 62.4 Å². The van der Waals surface area contributed by atoms with Crippen molar-refractivity contribution < 1.29 is 18.0 Å². The van der Waals surface area contributed by atoms with E-state index in [1.807, 2.05) is 13.8 Å². The summed E-state index contributed by atoms with van der Waals surface area (Å²) in [5.74, 6) is -0.747. The molecule has 0 spiro atoms. The lowest BCUT2D eigenvalue weighted by molar-refractivity contribution is -0.139. The van der Waals surface area contributed by atoms with Crippen LogP contribution >= 0.6 is 34.8 Å². The molecular formula is C29H32Cl3N3O4S. The monoisotopic (exact) mass is 623 g/mol. The lowest BCUT2D eigenvalue weighted by Crippen LogP contribution is -2.51. The maximum Gasteiger partial charge on any atom is 0.264 e. The highest BCUT2D eigenvalue weighted by Crippen LogP contribution is 2.30. The Morgan fingerprint density at radius 3 is 2.20 bits per heavy atom. The molecule has 0 aliphatic heterocycles. The molecule has 0 heterocycles. The van der Waals surface area contributed by atoms with Crippen LogP contribution in [0.1, 0.15) is 31.9 Å². The van der Waals surface area contributed by atoms with Gasteiger partial charge in [0, 0.05) is 18.1 Å². The van der Waals surface area contributed by atoms with Crippen molar-refractivity contribution in [1.82, 2.24) is 10.2 Å². The Morgan fingerprint density at radius 1 is 0.900 bits per heavy atom. The van der Waals surface area contributed by atoms with Crippen LogP contribution in [0.25, 0.3) is 0 Å². The van der Waals surface area contributed by atoms with Crippen LogP contribution in [0.3, 0.4) is 0 Å². The molecule has 0 saturated carbocycles. The van der Waals surface area contributed by atoms with E-state index in [2.05, 4.69) is 5.32 Å². The van der Waals surface area contributed by atoms with Gasteiger partial charge < -0.3 is 10.2 Å². The number of halogens is 3. The number of carbonyl (C=O) groups excluding carboxylic acids is 2. The van der Waals surface area contributed by atoms with Crippen molar-refractivity contribution >= 4 is 62.3 Å². The van der Waals surface area contributed by atoms with Crippen molar-refractivity contribution in [1.29, 1.82) is 0 Å². The second-order valence-corrected chi connectivity index (χ2v) is 13.0. The van der Waals surface area contributed by atoms with Gasteiger partial charge in [0.1, 0.15) is 12.6 Å². The third-order valence-electron chi connectivity index (χ3n) is 6.24. The number of sulfonamides is 1. The molecule has 0 aromatic heterocycles. The van der Waals surface area contributed by atoms with Gasteiger partial charge in [0.15, 0.2) is 0 Å². The third kappa shape index (κ3) is 7.91. The highest BCUT2D eigenvalue weighted by molar-refractivity contribution is 7.92. The first-order valence-electron chi connectivity index (χ1n) is 12.7. The number of hydrogen-bond acceptors (Lipinski definition) is 4. The number of anilines is 1. The Balaban J connectivity index is 2.06. The van der Waals surface area contributed by atoms with Gasteiger partial charge in [-0.15, -0.1) is 0 Å². The summed E-state index contributed by atoms with van der Waals surface area (Å²) >= 11 is 18.5. The first-order valence-corrected chi connectivity index (χ1v) is 15.2. The molecule has 3 aromatic rings. The summed E-state index contributed by atoms with van der Waals surface area (Å²) in [5, 5.41) is 3.81. The summed E-state index contributed by atoms with van der Waals surface area (Å²) in [7, 11) is -4.19. The van der Waals surface area contributed by atoms with Crippen molar-refractivity contribution in [2.45, 2.75) is 45.2 Å². The SMILES string of the molecule is Cc1ccc(Cl)cc1N(CC(=O)N(Cc1ccc(Cl)c(Cl)c1)[C@@H](C)C(=O)NCC(C)C)S(=O)(=O)c1ccccc1. The Kier molecular flexibility index (Phi) is 10.9. The molecule has 214 valence electrons. The highest BCUT2D eigenvalue weighted by atomic mass is 35.5. The molecule has 40 heavy (non-hydrogen) atoms. The largest absolute Gasteiger partial charge is 0.354 e. The Bertz CT molecular complexity index is 1470. The van der Waals surface area contributed by atoms with Crippen molar-refractivity contribution in [3.05, 3.63) is 92.9 Å². The van der Waals surface area contributed by atoms with E-state index >= 15 is 0 Å². The molecule has 0 unspecified atom stereocenters. The summed E-state index contributed by atoms with van der Waals surface area (Å²) in [6, 6.07) is 16.7. The van der Waals surface area contributed by atoms with E-state index in [-0.39, 0.29) is 29.0 Å². The number of aryl methyl sites for hydroxylation is 1. The smallest absolute Gasteiger partial charge is 0.264 e. The molecule has 0 bridgehead atoms. The second-order valence-electron chi connectivity index (χ2n) is 9.84. The number of benzene rings is 3. The molecule has 1 atom stereocenters. The molecule has 1 N–H and O–H groups in total. The van der Waals surface area contributed by atoms with Crippen molar-refractivity contribution in [2.24, 2.45) is 5.92 Å². The average Bonchev–Trinajstić information content (AvgIpc) is 2.92. The van der Waals surface area contributed by atoms with Gasteiger partial charge in [-0.1, -0.05) is 79.0 Å². The number of hydrogen-bond donors (Lipinski definition) is 1. The topological polar surface area (TPSA) is 86.8 Å². The normalized spacial score (nSPS) is 12.2. The van der Waals surface area contributed by atoms with E-state index in [0.29, 0.717) is 32.7 Å². The standard InChI is InChI=1S/C29H32Cl3N3O4S/c1-19(2)16-33-29(37)21(4)34(17-22-11-13-25(31)26(32)14-22)28(36)18-35(27-15-23(30)12-10-20(27)3)40(38,39)24-8-6-5-7-9-24/h5-15,19,21H,16-18H2,1-4H3,(H,33,37)/t21-/m0/s1. The predicted molar refractivity (Wildman–Crippen MR) is 161 cm³/mol. The van der Waals surface area contributed by atoms with Crippen LogP contribution in [0.2, 0.25) is 15.1 Å². The van der Waals surface area contributed by atoms with E-state index < -0.39 is 28.5 Å². The minimum atomic E-state index is -4.19. The summed E-state index contributed by atoms with van der Waals surface area (Å²) in [5.41, 5.74) is 1.49. The quantitative estimate of drug-likeness (QED) is 0.270. The van der Waals surface area contributed by atoms with Crippen LogP contribution in [-0.4, -0.2) is 44.3 Å². The van der Waals surface area contributed by atoms with Crippen LogP contribution in [0, 0.1) is 12.8 Å². The summed E-state index contributed by atoms with van der Waals surface area (Å²) in [4.78, 5) is 28.4. The first kappa shape index (κ1) is 31.7. The molecule has 0 aliphatic rings. The van der Waals surface area contributed by atoms with Crippen LogP contribution in [0.15, 0.2) is 71.6 Å². The molecule has 0 aliphatic carbocycles. The minimum absolute atomic E-state index is 0.000258. The van der Waals surface area contributed by atoms with Gasteiger partial charge in [-0.3, -0.25) is 13.9 Å². The van der Waals surface area contributed by atoms with Crippen LogP contribution in [0.4, 0.5) is 5.69 Å². The fourth-order valence-electron chi connectivity index (χ4n) is 3.95. The van der Waals surface area contributed by atoms with Gasteiger partial charge in [0.25, 0.3) is 10.0 Å². The molecule has 0 radical (unpaired) electrons.